The molecule has 0 aliphatic carbocycles. The van der Waals surface area contributed by atoms with Crippen molar-refractivity contribution in [2.24, 2.45) is 0 Å². The summed E-state index contributed by atoms with van der Waals surface area (Å²) < 4.78 is 17.1. The molecule has 0 unspecified atom stereocenters. The Morgan fingerprint density at radius 2 is 1.76 bits per heavy atom. The van der Waals surface area contributed by atoms with Crippen molar-refractivity contribution in [1.82, 2.24) is 9.80 Å². The molecule has 2 heterocycles. The molecule has 1 aromatic rings. The van der Waals surface area contributed by atoms with Gasteiger partial charge in [-0.05, 0) is 51.4 Å². The van der Waals surface area contributed by atoms with Gasteiger partial charge < -0.3 is 14.2 Å². The third-order valence-electron chi connectivity index (χ3n) is 5.14. The van der Waals surface area contributed by atoms with Crippen LogP contribution in [0.1, 0.15) is 26.2 Å². The van der Waals surface area contributed by atoms with E-state index in [-0.39, 0.29) is 0 Å². The van der Waals surface area contributed by atoms with E-state index in [9.17, 15) is 0 Å². The SMILES string of the molecule is CCOc1ccccc1OCCN1CCCN(C2CCOCC2)CC1. The summed E-state index contributed by atoms with van der Waals surface area (Å²) in [4.78, 5) is 5.20. The van der Waals surface area contributed by atoms with Crippen LogP contribution < -0.4 is 9.47 Å². The van der Waals surface area contributed by atoms with Gasteiger partial charge in [0, 0.05) is 38.9 Å². The van der Waals surface area contributed by atoms with Crippen molar-refractivity contribution in [3.63, 3.8) is 0 Å². The van der Waals surface area contributed by atoms with Crippen LogP contribution in [0.15, 0.2) is 24.3 Å². The van der Waals surface area contributed by atoms with Crippen molar-refractivity contribution in [3.8, 4) is 11.5 Å². The summed E-state index contributed by atoms with van der Waals surface area (Å²) in [5, 5.41) is 0. The molecule has 0 aromatic heterocycles. The highest BCUT2D eigenvalue weighted by Gasteiger charge is 2.23. The average molecular weight is 348 g/mol. The Morgan fingerprint density at radius 1 is 1.00 bits per heavy atom. The zero-order valence-corrected chi connectivity index (χ0v) is 15.5. The number of ether oxygens (including phenoxy) is 3. The van der Waals surface area contributed by atoms with Gasteiger partial charge in [0.15, 0.2) is 11.5 Å². The Hall–Kier alpha value is -1.30. The van der Waals surface area contributed by atoms with Gasteiger partial charge in [-0.2, -0.15) is 0 Å². The smallest absolute Gasteiger partial charge is 0.161 e. The molecule has 1 aromatic carbocycles. The van der Waals surface area contributed by atoms with Crippen molar-refractivity contribution in [2.45, 2.75) is 32.2 Å². The summed E-state index contributed by atoms with van der Waals surface area (Å²) >= 11 is 0. The van der Waals surface area contributed by atoms with Crippen molar-refractivity contribution in [3.05, 3.63) is 24.3 Å². The predicted molar refractivity (Wildman–Crippen MR) is 99.6 cm³/mol. The Kier molecular flexibility index (Phi) is 7.39. The normalized spacial score (nSPS) is 21.0. The van der Waals surface area contributed by atoms with E-state index in [0.29, 0.717) is 13.2 Å². The number of hydrogen-bond donors (Lipinski definition) is 0. The van der Waals surface area contributed by atoms with E-state index >= 15 is 0 Å². The lowest BCUT2D eigenvalue weighted by Gasteiger charge is -2.33. The van der Waals surface area contributed by atoms with E-state index in [2.05, 4.69) is 9.80 Å². The molecular weight excluding hydrogens is 316 g/mol. The third-order valence-corrected chi connectivity index (χ3v) is 5.14. The van der Waals surface area contributed by atoms with Crippen LogP contribution >= 0.6 is 0 Å². The molecule has 0 spiro atoms. The average Bonchev–Trinajstić information content (AvgIpc) is 2.90. The summed E-state index contributed by atoms with van der Waals surface area (Å²) in [6, 6.07) is 8.66. The molecule has 5 heteroatoms. The number of nitrogens with zero attached hydrogens (tertiary/aromatic N) is 2. The van der Waals surface area contributed by atoms with Crippen LogP contribution in [-0.2, 0) is 4.74 Å². The lowest BCUT2D eigenvalue weighted by Crippen LogP contribution is -2.41. The van der Waals surface area contributed by atoms with Crippen LogP contribution in [-0.4, -0.2) is 75.0 Å². The monoisotopic (exact) mass is 348 g/mol. The molecule has 0 amide bonds. The van der Waals surface area contributed by atoms with Gasteiger partial charge in [-0.1, -0.05) is 12.1 Å². The van der Waals surface area contributed by atoms with Crippen molar-refractivity contribution >= 4 is 0 Å². The standard InChI is InChI=1S/C20H32N2O3/c1-2-24-19-6-3-4-7-20(19)25-17-14-21-10-5-11-22(13-12-21)18-8-15-23-16-9-18/h3-4,6-7,18H,2,5,8-17H2,1H3. The molecule has 2 aliphatic rings. The largest absolute Gasteiger partial charge is 0.490 e. The number of hydrogen-bond acceptors (Lipinski definition) is 5. The minimum Gasteiger partial charge on any atom is -0.490 e. The molecule has 0 bridgehead atoms. The molecule has 140 valence electrons. The summed E-state index contributed by atoms with van der Waals surface area (Å²) in [5.74, 6) is 1.69. The van der Waals surface area contributed by atoms with Crippen LogP contribution in [0.3, 0.4) is 0 Å². The second-order valence-corrected chi connectivity index (χ2v) is 6.80. The third kappa shape index (κ3) is 5.59. The highest BCUT2D eigenvalue weighted by molar-refractivity contribution is 5.39. The Labute approximate surface area is 151 Å². The summed E-state index contributed by atoms with van der Waals surface area (Å²) in [7, 11) is 0. The van der Waals surface area contributed by atoms with Crippen LogP contribution in [0.2, 0.25) is 0 Å². The summed E-state index contributed by atoms with van der Waals surface area (Å²) in [6.45, 7) is 10.9. The molecule has 2 saturated heterocycles. The first-order valence-electron chi connectivity index (χ1n) is 9.75. The number of benzene rings is 1. The van der Waals surface area contributed by atoms with E-state index < -0.39 is 0 Å². The first kappa shape index (κ1) is 18.5. The first-order valence-corrected chi connectivity index (χ1v) is 9.75. The second kappa shape index (κ2) is 10.00. The van der Waals surface area contributed by atoms with Gasteiger partial charge >= 0.3 is 0 Å². The number of para-hydroxylation sites is 2. The van der Waals surface area contributed by atoms with Crippen molar-refractivity contribution < 1.29 is 14.2 Å². The van der Waals surface area contributed by atoms with E-state index in [1.54, 1.807) is 0 Å². The van der Waals surface area contributed by atoms with E-state index in [0.717, 1.165) is 50.4 Å². The topological polar surface area (TPSA) is 34.2 Å². The van der Waals surface area contributed by atoms with Gasteiger partial charge in [-0.3, -0.25) is 9.80 Å². The van der Waals surface area contributed by atoms with Crippen molar-refractivity contribution in [2.75, 3.05) is 59.2 Å². The maximum Gasteiger partial charge on any atom is 0.161 e. The highest BCUT2D eigenvalue weighted by Crippen LogP contribution is 2.26. The molecule has 0 atom stereocenters. The lowest BCUT2D eigenvalue weighted by atomic mass is 10.1. The lowest BCUT2D eigenvalue weighted by molar-refractivity contribution is 0.0353. The van der Waals surface area contributed by atoms with Crippen LogP contribution in [0.5, 0.6) is 11.5 Å². The molecule has 0 N–H and O–H groups in total. The molecule has 25 heavy (non-hydrogen) atoms. The zero-order chi connectivity index (χ0) is 17.3. The van der Waals surface area contributed by atoms with E-state index in [1.165, 1.54) is 32.4 Å². The Morgan fingerprint density at radius 3 is 2.52 bits per heavy atom. The van der Waals surface area contributed by atoms with Crippen LogP contribution in [0, 0.1) is 0 Å². The second-order valence-electron chi connectivity index (χ2n) is 6.80. The quantitative estimate of drug-likeness (QED) is 0.757. The summed E-state index contributed by atoms with van der Waals surface area (Å²) in [5.41, 5.74) is 0. The Balaban J connectivity index is 1.42. The van der Waals surface area contributed by atoms with Gasteiger partial charge in [-0.15, -0.1) is 0 Å². The summed E-state index contributed by atoms with van der Waals surface area (Å²) in [6.07, 6.45) is 3.63. The van der Waals surface area contributed by atoms with E-state index in [1.807, 2.05) is 31.2 Å². The van der Waals surface area contributed by atoms with Gasteiger partial charge in [0.2, 0.25) is 0 Å². The maximum absolute atomic E-state index is 5.98. The van der Waals surface area contributed by atoms with Gasteiger partial charge in [0.05, 0.1) is 6.61 Å². The minimum atomic E-state index is 0.661. The molecule has 3 rings (SSSR count). The fourth-order valence-corrected chi connectivity index (χ4v) is 3.76. The number of rotatable bonds is 7. The molecule has 5 nitrogen and oxygen atoms in total. The fraction of sp³-hybridized carbons (Fsp3) is 0.700. The van der Waals surface area contributed by atoms with Crippen molar-refractivity contribution in [1.29, 1.82) is 0 Å². The van der Waals surface area contributed by atoms with Gasteiger partial charge in [-0.25, -0.2) is 0 Å². The molecule has 0 saturated carbocycles. The van der Waals surface area contributed by atoms with Crippen LogP contribution in [0.25, 0.3) is 0 Å². The minimum absolute atomic E-state index is 0.661. The van der Waals surface area contributed by atoms with E-state index in [4.69, 9.17) is 14.2 Å². The maximum atomic E-state index is 5.98. The highest BCUT2D eigenvalue weighted by atomic mass is 16.5. The molecular formula is C20H32N2O3. The fourth-order valence-electron chi connectivity index (χ4n) is 3.76. The molecule has 2 aliphatic heterocycles. The zero-order valence-electron chi connectivity index (χ0n) is 15.5. The molecule has 0 radical (unpaired) electrons. The van der Waals surface area contributed by atoms with Gasteiger partial charge in [0.1, 0.15) is 6.61 Å². The molecule has 2 fully saturated rings. The Bertz CT molecular complexity index is 505. The van der Waals surface area contributed by atoms with Crippen LogP contribution in [0.4, 0.5) is 0 Å². The predicted octanol–water partition coefficient (Wildman–Crippen LogP) is 2.65. The first-order chi connectivity index (χ1) is 12.4. The van der Waals surface area contributed by atoms with Gasteiger partial charge in [0.25, 0.3) is 0 Å².